The molecule has 4 rings (SSSR count). The molecule has 2 atom stereocenters. The molecule has 0 heterocycles. The zero-order valence-corrected chi connectivity index (χ0v) is 19.8. The highest BCUT2D eigenvalue weighted by Crippen LogP contribution is 2.44. The van der Waals surface area contributed by atoms with Crippen molar-refractivity contribution in [1.82, 2.24) is 5.32 Å². The Bertz CT molecular complexity index is 1280. The topological polar surface area (TPSA) is 64.6 Å². The fourth-order valence-corrected chi connectivity index (χ4v) is 4.40. The van der Waals surface area contributed by atoms with Gasteiger partial charge in [0, 0.05) is 0 Å². The fourth-order valence-electron chi connectivity index (χ4n) is 4.40. The summed E-state index contributed by atoms with van der Waals surface area (Å²) < 4.78 is 24.8. The van der Waals surface area contributed by atoms with Crippen molar-refractivity contribution in [2.45, 2.75) is 18.1 Å². The Hall–Kier alpha value is -4.45. The Balaban J connectivity index is 1.85. The monoisotopic (exact) mass is 483 g/mol. The highest BCUT2D eigenvalue weighted by molar-refractivity contribution is 5.90. The molecule has 0 saturated heterocycles. The number of methoxy groups -OCH3 is 1. The van der Waals surface area contributed by atoms with E-state index in [9.17, 15) is 14.0 Å². The van der Waals surface area contributed by atoms with Gasteiger partial charge in [-0.2, -0.15) is 0 Å². The Morgan fingerprint density at radius 1 is 0.778 bits per heavy atom. The second-order valence-electron chi connectivity index (χ2n) is 8.22. The van der Waals surface area contributed by atoms with Crippen molar-refractivity contribution in [3.63, 3.8) is 0 Å². The molecule has 0 bridgehead atoms. The van der Waals surface area contributed by atoms with Crippen molar-refractivity contribution in [3.8, 4) is 0 Å². The minimum Gasteiger partial charge on any atom is -0.468 e. The molecular formula is C30H26FNO4. The first-order valence-corrected chi connectivity index (χ1v) is 11.5. The highest BCUT2D eigenvalue weighted by Gasteiger charge is 2.51. The molecule has 36 heavy (non-hydrogen) atoms. The minimum absolute atomic E-state index is 0.0568. The molecular weight excluding hydrogens is 457 g/mol. The lowest BCUT2D eigenvalue weighted by atomic mass is 9.67. The zero-order valence-electron chi connectivity index (χ0n) is 19.8. The van der Waals surface area contributed by atoms with Crippen LogP contribution in [0.3, 0.4) is 0 Å². The highest BCUT2D eigenvalue weighted by atomic mass is 19.1. The van der Waals surface area contributed by atoms with Gasteiger partial charge in [0.25, 0.3) is 0 Å². The number of benzene rings is 4. The van der Waals surface area contributed by atoms with E-state index < -0.39 is 29.3 Å². The molecule has 0 aliphatic rings. The summed E-state index contributed by atoms with van der Waals surface area (Å²) >= 11 is 0. The normalized spacial score (nSPS) is 13.2. The number of esters is 1. The van der Waals surface area contributed by atoms with Crippen LogP contribution in [-0.2, 0) is 26.3 Å². The van der Waals surface area contributed by atoms with E-state index in [1.54, 1.807) is 24.3 Å². The molecule has 0 unspecified atom stereocenters. The van der Waals surface area contributed by atoms with Crippen molar-refractivity contribution >= 4 is 12.1 Å². The van der Waals surface area contributed by atoms with Crippen molar-refractivity contribution < 1.29 is 23.5 Å². The number of rotatable bonds is 8. The van der Waals surface area contributed by atoms with Crippen LogP contribution in [-0.4, -0.2) is 19.2 Å². The first-order valence-electron chi connectivity index (χ1n) is 11.5. The first kappa shape index (κ1) is 24.7. The Morgan fingerprint density at radius 2 is 1.31 bits per heavy atom. The van der Waals surface area contributed by atoms with Gasteiger partial charge in [-0.3, -0.25) is 4.79 Å². The van der Waals surface area contributed by atoms with E-state index >= 15 is 0 Å². The average molecular weight is 484 g/mol. The number of nitrogens with one attached hydrogen (secondary N) is 1. The molecule has 5 nitrogen and oxygen atoms in total. The van der Waals surface area contributed by atoms with Crippen LogP contribution in [0.4, 0.5) is 9.18 Å². The maximum atomic E-state index is 14.0. The third-order valence-electron chi connectivity index (χ3n) is 6.08. The smallest absolute Gasteiger partial charge is 0.408 e. The number of carbonyl (C=O) groups is 2. The van der Waals surface area contributed by atoms with E-state index in [-0.39, 0.29) is 6.61 Å². The Labute approximate surface area is 209 Å². The maximum Gasteiger partial charge on any atom is 0.408 e. The first-order chi connectivity index (χ1) is 17.6. The molecule has 0 radical (unpaired) electrons. The van der Waals surface area contributed by atoms with Gasteiger partial charge in [0.2, 0.25) is 0 Å². The number of carbonyl (C=O) groups excluding carboxylic acids is 2. The Kier molecular flexibility index (Phi) is 7.75. The van der Waals surface area contributed by atoms with Crippen LogP contribution in [0.15, 0.2) is 115 Å². The number of ether oxygens (including phenoxy) is 2. The summed E-state index contributed by atoms with van der Waals surface area (Å²) in [7, 11) is 1.29. The Morgan fingerprint density at radius 3 is 1.89 bits per heavy atom. The summed E-state index contributed by atoms with van der Waals surface area (Å²) in [5.41, 5.74) is 0.953. The molecule has 0 saturated carbocycles. The van der Waals surface area contributed by atoms with E-state index in [0.717, 1.165) is 5.56 Å². The lowest BCUT2D eigenvalue weighted by Crippen LogP contribution is -2.50. The summed E-state index contributed by atoms with van der Waals surface area (Å²) in [5.74, 6) is -1.06. The van der Waals surface area contributed by atoms with Gasteiger partial charge in [0.1, 0.15) is 17.8 Å². The van der Waals surface area contributed by atoms with Gasteiger partial charge < -0.3 is 14.8 Å². The van der Waals surface area contributed by atoms with Crippen LogP contribution in [0.5, 0.6) is 0 Å². The summed E-state index contributed by atoms with van der Waals surface area (Å²) in [6.45, 7) is 0.0568. The molecule has 0 aliphatic carbocycles. The largest absolute Gasteiger partial charge is 0.468 e. The van der Waals surface area contributed by atoms with Gasteiger partial charge in [-0.25, -0.2) is 9.18 Å². The minimum atomic E-state index is -1.54. The molecule has 0 aromatic heterocycles. The van der Waals surface area contributed by atoms with Crippen molar-refractivity contribution in [2.24, 2.45) is 0 Å². The van der Waals surface area contributed by atoms with Crippen molar-refractivity contribution in [2.75, 3.05) is 7.11 Å². The quantitative estimate of drug-likeness (QED) is 0.315. The number of amides is 1. The van der Waals surface area contributed by atoms with Gasteiger partial charge in [-0.15, -0.1) is 0 Å². The van der Waals surface area contributed by atoms with E-state index in [4.69, 9.17) is 9.47 Å². The number of halogens is 1. The fraction of sp³-hybridized carbons (Fsp3) is 0.133. The zero-order chi connectivity index (χ0) is 25.4. The lowest BCUT2D eigenvalue weighted by Gasteiger charge is -2.39. The van der Waals surface area contributed by atoms with E-state index in [0.29, 0.717) is 16.7 Å². The second-order valence-corrected chi connectivity index (χ2v) is 8.22. The van der Waals surface area contributed by atoms with Crippen LogP contribution in [0.1, 0.15) is 28.3 Å². The molecule has 182 valence electrons. The number of hydrogen-bond donors (Lipinski definition) is 1. The molecule has 6 heteroatoms. The summed E-state index contributed by atoms with van der Waals surface area (Å²) in [4.78, 5) is 26.9. The third-order valence-corrected chi connectivity index (χ3v) is 6.08. The maximum absolute atomic E-state index is 14.0. The molecule has 1 N–H and O–H groups in total. The van der Waals surface area contributed by atoms with Crippen molar-refractivity contribution in [3.05, 3.63) is 143 Å². The molecule has 4 aromatic rings. The van der Waals surface area contributed by atoms with Crippen LogP contribution in [0, 0.1) is 5.82 Å². The van der Waals surface area contributed by atoms with E-state index in [1.807, 2.05) is 66.7 Å². The lowest BCUT2D eigenvalue weighted by molar-refractivity contribution is -0.147. The average Bonchev–Trinajstić information content (AvgIpc) is 2.94. The predicted octanol–water partition coefficient (Wildman–Crippen LogP) is 5.95. The number of alkyl carbamates (subject to hydrolysis) is 1. The second kappa shape index (κ2) is 11.3. The molecule has 0 spiro atoms. The van der Waals surface area contributed by atoms with Crippen LogP contribution < -0.4 is 5.32 Å². The SMILES string of the molecule is COC(=O)[C@@](c1ccccc1)(c1ccc(F)cc1)[C@@H](NC(=O)OCc1ccccc1)c1ccccc1. The standard InChI is InChI=1S/C30H26FNO4/c1-35-28(33)30(24-15-9-4-10-16-24,25-17-19-26(31)20-18-25)27(23-13-7-3-8-14-23)32-29(34)36-21-22-11-5-2-6-12-22/h2-20,27H,21H2,1H3,(H,32,34)/t27-,30-/m0/s1. The van der Waals surface area contributed by atoms with Gasteiger partial charge >= 0.3 is 12.1 Å². The van der Waals surface area contributed by atoms with Crippen LogP contribution in [0.25, 0.3) is 0 Å². The van der Waals surface area contributed by atoms with Gasteiger partial charge in [-0.05, 0) is 34.4 Å². The third kappa shape index (κ3) is 5.13. The van der Waals surface area contributed by atoms with Gasteiger partial charge in [0.15, 0.2) is 0 Å². The van der Waals surface area contributed by atoms with Crippen LogP contribution >= 0.6 is 0 Å². The summed E-state index contributed by atoms with van der Waals surface area (Å²) in [6.07, 6.45) is -0.709. The van der Waals surface area contributed by atoms with Crippen LogP contribution in [0.2, 0.25) is 0 Å². The van der Waals surface area contributed by atoms with Crippen molar-refractivity contribution in [1.29, 1.82) is 0 Å². The van der Waals surface area contributed by atoms with E-state index in [1.165, 1.54) is 31.4 Å². The molecule has 0 aliphatic heterocycles. The molecule has 4 aromatic carbocycles. The summed E-state index contributed by atoms with van der Waals surface area (Å²) in [6, 6.07) is 32.1. The van der Waals surface area contributed by atoms with E-state index in [2.05, 4.69) is 5.32 Å². The molecule has 0 fully saturated rings. The van der Waals surface area contributed by atoms with Gasteiger partial charge in [0.05, 0.1) is 13.2 Å². The molecule has 1 amide bonds. The predicted molar refractivity (Wildman–Crippen MR) is 135 cm³/mol. The van der Waals surface area contributed by atoms with Gasteiger partial charge in [-0.1, -0.05) is 103 Å². The number of hydrogen-bond acceptors (Lipinski definition) is 4. The summed E-state index contributed by atoms with van der Waals surface area (Å²) in [5, 5.41) is 2.92.